The number of azo groups is 1. The van der Waals surface area contributed by atoms with Crippen molar-refractivity contribution in [2.24, 2.45) is 10.2 Å². The van der Waals surface area contributed by atoms with E-state index in [0.717, 1.165) is 6.07 Å². The third-order valence-corrected chi connectivity index (χ3v) is 2.75. The molecule has 6 nitrogen and oxygen atoms in total. The highest BCUT2D eigenvalue weighted by atomic mass is 35.5. The monoisotopic (exact) mass is 292 g/mol. The van der Waals surface area contributed by atoms with Gasteiger partial charge in [-0.25, -0.2) is 4.79 Å². The van der Waals surface area contributed by atoms with Crippen LogP contribution in [0.1, 0.15) is 10.4 Å². The SMILES string of the molecule is O=C(O)c1ccccc1/N=N/c1cc(Cl)c(O)cc1O. The predicted octanol–water partition coefficient (Wildman–Crippen LogP) is 3.86. The highest BCUT2D eigenvalue weighted by Crippen LogP contribution is 2.37. The zero-order chi connectivity index (χ0) is 14.7. The Morgan fingerprint density at radius 2 is 1.65 bits per heavy atom. The van der Waals surface area contributed by atoms with Crippen molar-refractivity contribution in [2.45, 2.75) is 0 Å². The molecule has 0 amide bonds. The molecule has 0 aromatic heterocycles. The number of aromatic hydroxyl groups is 2. The summed E-state index contributed by atoms with van der Waals surface area (Å²) in [4.78, 5) is 11.0. The number of phenols is 2. The fraction of sp³-hybridized carbons (Fsp3) is 0. The molecule has 0 bridgehead atoms. The van der Waals surface area contributed by atoms with Gasteiger partial charge in [-0.15, -0.1) is 10.2 Å². The van der Waals surface area contributed by atoms with Gasteiger partial charge in [-0.05, 0) is 18.2 Å². The number of aromatic carboxylic acids is 1. The molecule has 2 aromatic carbocycles. The van der Waals surface area contributed by atoms with Crippen molar-refractivity contribution in [1.82, 2.24) is 0 Å². The molecule has 0 fully saturated rings. The number of carboxylic acid groups (broad SMARTS) is 1. The molecule has 0 saturated carbocycles. The van der Waals surface area contributed by atoms with Gasteiger partial charge in [0.1, 0.15) is 22.9 Å². The lowest BCUT2D eigenvalue weighted by Crippen LogP contribution is -1.95. The minimum atomic E-state index is -1.13. The van der Waals surface area contributed by atoms with Crippen molar-refractivity contribution >= 4 is 28.9 Å². The van der Waals surface area contributed by atoms with Crippen LogP contribution in [0.5, 0.6) is 11.5 Å². The first-order valence-corrected chi connectivity index (χ1v) is 5.82. The summed E-state index contributed by atoms with van der Waals surface area (Å²) in [7, 11) is 0. The Bertz CT molecular complexity index is 701. The molecule has 0 aliphatic carbocycles. The molecule has 0 atom stereocenters. The fourth-order valence-corrected chi connectivity index (χ4v) is 1.63. The van der Waals surface area contributed by atoms with Crippen molar-refractivity contribution in [1.29, 1.82) is 0 Å². The molecule has 0 unspecified atom stereocenters. The van der Waals surface area contributed by atoms with E-state index in [4.69, 9.17) is 16.7 Å². The average molecular weight is 293 g/mol. The first-order chi connectivity index (χ1) is 9.49. The van der Waals surface area contributed by atoms with Crippen molar-refractivity contribution in [3.05, 3.63) is 47.0 Å². The Morgan fingerprint density at radius 1 is 1.00 bits per heavy atom. The second-order valence-corrected chi connectivity index (χ2v) is 4.22. The number of rotatable bonds is 3. The van der Waals surface area contributed by atoms with Gasteiger partial charge in [-0.2, -0.15) is 0 Å². The summed E-state index contributed by atoms with van der Waals surface area (Å²) in [6.45, 7) is 0. The van der Waals surface area contributed by atoms with E-state index >= 15 is 0 Å². The summed E-state index contributed by atoms with van der Waals surface area (Å²) < 4.78 is 0. The van der Waals surface area contributed by atoms with Crippen LogP contribution in [0.4, 0.5) is 11.4 Å². The summed E-state index contributed by atoms with van der Waals surface area (Å²) in [5, 5.41) is 35.4. The zero-order valence-electron chi connectivity index (χ0n) is 9.99. The number of carboxylic acids is 1. The molecule has 0 spiro atoms. The van der Waals surface area contributed by atoms with Gasteiger partial charge in [0.05, 0.1) is 10.6 Å². The van der Waals surface area contributed by atoms with Crippen molar-refractivity contribution in [3.8, 4) is 11.5 Å². The lowest BCUT2D eigenvalue weighted by Gasteiger charge is -2.02. The normalized spacial score (nSPS) is 10.8. The Labute approximate surface area is 118 Å². The molecule has 0 aliphatic heterocycles. The van der Waals surface area contributed by atoms with Crippen LogP contribution < -0.4 is 0 Å². The van der Waals surface area contributed by atoms with E-state index in [0.29, 0.717) is 0 Å². The number of hydrogen-bond acceptors (Lipinski definition) is 5. The van der Waals surface area contributed by atoms with Gasteiger partial charge in [0.2, 0.25) is 0 Å². The van der Waals surface area contributed by atoms with E-state index in [9.17, 15) is 15.0 Å². The van der Waals surface area contributed by atoms with Gasteiger partial charge in [0, 0.05) is 6.07 Å². The lowest BCUT2D eigenvalue weighted by molar-refractivity contribution is 0.0697. The Balaban J connectivity index is 2.40. The van der Waals surface area contributed by atoms with Crippen LogP contribution in [0.3, 0.4) is 0 Å². The maximum absolute atomic E-state index is 11.0. The Kier molecular flexibility index (Phi) is 3.86. The van der Waals surface area contributed by atoms with Crippen LogP contribution >= 0.6 is 11.6 Å². The molecule has 0 radical (unpaired) electrons. The molecule has 0 aliphatic rings. The van der Waals surface area contributed by atoms with Gasteiger partial charge in [0.15, 0.2) is 0 Å². The van der Waals surface area contributed by atoms with Crippen LogP contribution in [-0.4, -0.2) is 21.3 Å². The van der Waals surface area contributed by atoms with Gasteiger partial charge in [-0.3, -0.25) is 0 Å². The Hall–Kier alpha value is -2.60. The minimum Gasteiger partial charge on any atom is -0.506 e. The zero-order valence-corrected chi connectivity index (χ0v) is 10.7. The van der Waals surface area contributed by atoms with Crippen LogP contribution in [0, 0.1) is 0 Å². The summed E-state index contributed by atoms with van der Waals surface area (Å²) >= 11 is 5.69. The third kappa shape index (κ3) is 2.86. The molecular weight excluding hydrogens is 284 g/mol. The Morgan fingerprint density at radius 3 is 2.35 bits per heavy atom. The molecule has 7 heteroatoms. The van der Waals surface area contributed by atoms with E-state index in [1.807, 2.05) is 0 Å². The average Bonchev–Trinajstić information content (AvgIpc) is 2.41. The molecular formula is C13H9ClN2O4. The number of halogens is 1. The topological polar surface area (TPSA) is 102 Å². The summed E-state index contributed by atoms with van der Waals surface area (Å²) in [6, 6.07) is 8.30. The largest absolute Gasteiger partial charge is 0.506 e. The van der Waals surface area contributed by atoms with Crippen LogP contribution in [0.2, 0.25) is 5.02 Å². The first kappa shape index (κ1) is 13.8. The molecule has 102 valence electrons. The predicted molar refractivity (Wildman–Crippen MR) is 72.4 cm³/mol. The standard InChI is InChI=1S/C13H9ClN2O4/c14-8-5-10(12(18)6-11(8)17)16-15-9-4-2-1-3-7(9)13(19)20/h1-6,17-18H,(H,19,20)/b16-15+. The van der Waals surface area contributed by atoms with Gasteiger partial charge < -0.3 is 15.3 Å². The van der Waals surface area contributed by atoms with Crippen LogP contribution in [0.25, 0.3) is 0 Å². The van der Waals surface area contributed by atoms with Crippen molar-refractivity contribution in [3.63, 3.8) is 0 Å². The van der Waals surface area contributed by atoms with Crippen molar-refractivity contribution < 1.29 is 20.1 Å². The number of nitrogens with zero attached hydrogens (tertiary/aromatic N) is 2. The molecule has 2 rings (SSSR count). The van der Waals surface area contributed by atoms with Gasteiger partial charge in [0.25, 0.3) is 0 Å². The van der Waals surface area contributed by atoms with E-state index in [1.165, 1.54) is 18.2 Å². The number of hydrogen-bond donors (Lipinski definition) is 3. The van der Waals surface area contributed by atoms with Crippen molar-refractivity contribution in [2.75, 3.05) is 0 Å². The highest BCUT2D eigenvalue weighted by molar-refractivity contribution is 6.32. The molecule has 20 heavy (non-hydrogen) atoms. The maximum Gasteiger partial charge on any atom is 0.337 e. The quantitative estimate of drug-likeness (QED) is 0.747. The summed E-state index contributed by atoms with van der Waals surface area (Å²) in [5.41, 5.74) is 0.150. The second kappa shape index (κ2) is 5.58. The van der Waals surface area contributed by atoms with Gasteiger partial charge in [-0.1, -0.05) is 23.7 Å². The van der Waals surface area contributed by atoms with E-state index < -0.39 is 5.97 Å². The maximum atomic E-state index is 11.0. The van der Waals surface area contributed by atoms with E-state index in [2.05, 4.69) is 10.2 Å². The molecule has 3 N–H and O–H groups in total. The van der Waals surface area contributed by atoms with E-state index in [-0.39, 0.29) is 33.5 Å². The number of phenolic OH excluding ortho intramolecular Hbond substituents is 2. The van der Waals surface area contributed by atoms with Crippen LogP contribution in [0.15, 0.2) is 46.6 Å². The first-order valence-electron chi connectivity index (χ1n) is 5.44. The minimum absolute atomic E-state index is 0.00303. The van der Waals surface area contributed by atoms with Crippen LogP contribution in [-0.2, 0) is 0 Å². The highest BCUT2D eigenvalue weighted by Gasteiger charge is 2.10. The van der Waals surface area contributed by atoms with Gasteiger partial charge >= 0.3 is 5.97 Å². The smallest absolute Gasteiger partial charge is 0.337 e. The molecule has 0 heterocycles. The summed E-state index contributed by atoms with van der Waals surface area (Å²) in [6.07, 6.45) is 0. The second-order valence-electron chi connectivity index (χ2n) is 3.81. The molecule has 0 saturated heterocycles. The fourth-order valence-electron chi connectivity index (χ4n) is 1.47. The number of carbonyl (C=O) groups is 1. The van der Waals surface area contributed by atoms with E-state index in [1.54, 1.807) is 12.1 Å². The molecule has 2 aromatic rings. The lowest BCUT2D eigenvalue weighted by atomic mass is 10.2. The number of benzene rings is 2. The third-order valence-electron chi connectivity index (χ3n) is 2.44. The summed E-state index contributed by atoms with van der Waals surface area (Å²) in [5.74, 6) is -1.73.